The van der Waals surface area contributed by atoms with Crippen LogP contribution in [0.1, 0.15) is 23.6 Å². The minimum absolute atomic E-state index is 0.0961. The second kappa shape index (κ2) is 6.94. The van der Waals surface area contributed by atoms with Gasteiger partial charge in [0, 0.05) is 41.3 Å². The maximum absolute atomic E-state index is 13.7. The zero-order valence-electron chi connectivity index (χ0n) is 16.1. The molecule has 0 amide bonds. The Morgan fingerprint density at radius 3 is 2.83 bits per heavy atom. The molecular formula is C21H20N4O3S. The van der Waals surface area contributed by atoms with Crippen molar-refractivity contribution in [3.05, 3.63) is 63.6 Å². The molecule has 0 aliphatic carbocycles. The summed E-state index contributed by atoms with van der Waals surface area (Å²) < 4.78 is 28.7. The van der Waals surface area contributed by atoms with Gasteiger partial charge in [-0.25, -0.2) is 8.42 Å². The van der Waals surface area contributed by atoms with Crippen molar-refractivity contribution in [3.8, 4) is 6.07 Å². The van der Waals surface area contributed by atoms with Crippen molar-refractivity contribution in [2.24, 2.45) is 0 Å². The van der Waals surface area contributed by atoms with Crippen LogP contribution in [0.15, 0.2) is 46.2 Å². The molecule has 8 heteroatoms. The summed E-state index contributed by atoms with van der Waals surface area (Å²) in [5, 5.41) is 13.4. The molecule has 1 aromatic heterocycles. The van der Waals surface area contributed by atoms with Crippen molar-refractivity contribution in [1.29, 1.82) is 5.26 Å². The first kappa shape index (κ1) is 19.0. The molecule has 148 valence electrons. The van der Waals surface area contributed by atoms with Gasteiger partial charge >= 0.3 is 0 Å². The van der Waals surface area contributed by atoms with E-state index >= 15 is 0 Å². The standard InChI is InChI=1S/C21H20N4O3S/c1-3-23-17-9-14(11-22)10-18-15(17)7-8-25(18)29(27,28)19-6-4-5-16-20(19)13(2)12-24-21(16)26/h4-6,9-10,12,23H,3,7-8H2,1-2H3,(H,24,26). The Morgan fingerprint density at radius 2 is 2.10 bits per heavy atom. The maximum atomic E-state index is 13.7. The molecule has 0 saturated carbocycles. The Balaban J connectivity index is 1.94. The Morgan fingerprint density at radius 1 is 1.31 bits per heavy atom. The van der Waals surface area contributed by atoms with Crippen LogP contribution in [0.3, 0.4) is 0 Å². The molecule has 3 aromatic rings. The van der Waals surface area contributed by atoms with Gasteiger partial charge in [-0.1, -0.05) is 6.07 Å². The van der Waals surface area contributed by atoms with Crippen LogP contribution in [0.4, 0.5) is 11.4 Å². The third-order valence-electron chi connectivity index (χ3n) is 5.21. The fourth-order valence-electron chi connectivity index (χ4n) is 3.92. The second-order valence-electron chi connectivity index (χ2n) is 6.97. The number of hydrogen-bond donors (Lipinski definition) is 2. The number of benzene rings is 2. The number of pyridine rings is 1. The van der Waals surface area contributed by atoms with Crippen LogP contribution in [-0.2, 0) is 16.4 Å². The zero-order valence-corrected chi connectivity index (χ0v) is 16.9. The van der Waals surface area contributed by atoms with Crippen molar-refractivity contribution in [1.82, 2.24) is 4.98 Å². The number of hydrogen-bond acceptors (Lipinski definition) is 5. The van der Waals surface area contributed by atoms with Gasteiger partial charge in [0.1, 0.15) is 0 Å². The minimum atomic E-state index is -3.93. The van der Waals surface area contributed by atoms with Gasteiger partial charge in [0.25, 0.3) is 15.6 Å². The number of aromatic nitrogens is 1. The number of aryl methyl sites for hydroxylation is 1. The van der Waals surface area contributed by atoms with E-state index in [0.29, 0.717) is 40.6 Å². The Bertz CT molecular complexity index is 1340. The highest BCUT2D eigenvalue weighted by Crippen LogP contribution is 2.39. The summed E-state index contributed by atoms with van der Waals surface area (Å²) in [6, 6.07) is 10.2. The van der Waals surface area contributed by atoms with E-state index in [-0.39, 0.29) is 17.0 Å². The van der Waals surface area contributed by atoms with Gasteiger partial charge in [-0.2, -0.15) is 5.26 Å². The fraction of sp³-hybridized carbons (Fsp3) is 0.238. The summed E-state index contributed by atoms with van der Waals surface area (Å²) in [7, 11) is -3.93. The average Bonchev–Trinajstić information content (AvgIpc) is 3.15. The van der Waals surface area contributed by atoms with E-state index in [4.69, 9.17) is 0 Å². The summed E-state index contributed by atoms with van der Waals surface area (Å²) in [6.45, 7) is 4.67. The number of aromatic amines is 1. The fourth-order valence-corrected chi connectivity index (χ4v) is 5.69. The number of anilines is 2. The third kappa shape index (κ3) is 2.95. The van der Waals surface area contributed by atoms with Crippen LogP contribution in [0.2, 0.25) is 0 Å². The number of nitrogens with one attached hydrogen (secondary N) is 2. The number of H-pyrrole nitrogens is 1. The molecule has 0 atom stereocenters. The van der Waals surface area contributed by atoms with Crippen molar-refractivity contribution in [3.63, 3.8) is 0 Å². The molecular weight excluding hydrogens is 388 g/mol. The van der Waals surface area contributed by atoms with Crippen molar-refractivity contribution >= 4 is 32.2 Å². The molecule has 2 N–H and O–H groups in total. The molecule has 0 spiro atoms. The lowest BCUT2D eigenvalue weighted by molar-refractivity contribution is 0.593. The number of nitriles is 1. The number of rotatable bonds is 4. The van der Waals surface area contributed by atoms with Gasteiger partial charge in [-0.15, -0.1) is 0 Å². The first-order valence-corrected chi connectivity index (χ1v) is 10.8. The van der Waals surface area contributed by atoms with Crippen LogP contribution in [0.5, 0.6) is 0 Å². The summed E-state index contributed by atoms with van der Waals surface area (Å²) in [5.74, 6) is 0. The molecule has 0 unspecified atom stereocenters. The monoisotopic (exact) mass is 408 g/mol. The predicted octanol–water partition coefficient (Wildman–Crippen LogP) is 2.89. The molecule has 29 heavy (non-hydrogen) atoms. The first-order valence-electron chi connectivity index (χ1n) is 9.33. The van der Waals surface area contributed by atoms with E-state index in [0.717, 1.165) is 11.3 Å². The molecule has 0 radical (unpaired) electrons. The lowest BCUT2D eigenvalue weighted by Crippen LogP contribution is -2.29. The summed E-state index contributed by atoms with van der Waals surface area (Å²) in [4.78, 5) is 15.0. The normalized spacial score (nSPS) is 13.3. The Kier molecular flexibility index (Phi) is 4.55. The van der Waals surface area contributed by atoms with Gasteiger partial charge in [0.05, 0.1) is 22.2 Å². The maximum Gasteiger partial charge on any atom is 0.264 e. The SMILES string of the molecule is CCNc1cc(C#N)cc2c1CCN2S(=O)(=O)c1cccc2c(=O)[nH]cc(C)c12. The number of sulfonamides is 1. The highest BCUT2D eigenvalue weighted by atomic mass is 32.2. The molecule has 1 aliphatic heterocycles. The summed E-state index contributed by atoms with van der Waals surface area (Å²) in [5.41, 5.74) is 2.92. The molecule has 1 aliphatic rings. The topological polar surface area (TPSA) is 106 Å². The van der Waals surface area contributed by atoms with Crippen molar-refractivity contribution in [2.75, 3.05) is 22.7 Å². The quantitative estimate of drug-likeness (QED) is 0.690. The number of nitrogens with zero attached hydrogens (tertiary/aromatic N) is 2. The second-order valence-corrected chi connectivity index (χ2v) is 8.80. The van der Waals surface area contributed by atoms with Gasteiger partial charge in [0.2, 0.25) is 0 Å². The van der Waals surface area contributed by atoms with Crippen molar-refractivity contribution in [2.45, 2.75) is 25.2 Å². The van der Waals surface area contributed by atoms with E-state index in [9.17, 15) is 18.5 Å². The molecule has 4 rings (SSSR count). The van der Waals surface area contributed by atoms with Crippen LogP contribution in [0, 0.1) is 18.3 Å². The molecule has 0 fully saturated rings. The van der Waals surface area contributed by atoms with E-state index < -0.39 is 10.0 Å². The predicted molar refractivity (Wildman–Crippen MR) is 113 cm³/mol. The zero-order chi connectivity index (χ0) is 20.8. The lowest BCUT2D eigenvalue weighted by Gasteiger charge is -2.22. The van der Waals surface area contributed by atoms with Crippen LogP contribution in [-0.4, -0.2) is 26.5 Å². The largest absolute Gasteiger partial charge is 0.385 e. The Labute approximate surface area is 168 Å². The van der Waals surface area contributed by atoms with Gasteiger partial charge < -0.3 is 10.3 Å². The molecule has 0 bridgehead atoms. The van der Waals surface area contributed by atoms with E-state index in [1.54, 1.807) is 31.2 Å². The summed E-state index contributed by atoms with van der Waals surface area (Å²) >= 11 is 0. The summed E-state index contributed by atoms with van der Waals surface area (Å²) in [6.07, 6.45) is 2.08. The average molecular weight is 408 g/mol. The third-order valence-corrected chi connectivity index (χ3v) is 7.06. The molecule has 2 heterocycles. The van der Waals surface area contributed by atoms with Crippen LogP contribution in [0.25, 0.3) is 10.8 Å². The molecule has 2 aromatic carbocycles. The molecule has 0 saturated heterocycles. The Hall–Kier alpha value is -3.31. The highest BCUT2D eigenvalue weighted by Gasteiger charge is 2.34. The van der Waals surface area contributed by atoms with Crippen LogP contribution >= 0.6 is 0 Å². The molecule has 7 nitrogen and oxygen atoms in total. The van der Waals surface area contributed by atoms with Crippen LogP contribution < -0.4 is 15.2 Å². The van der Waals surface area contributed by atoms with Crippen molar-refractivity contribution < 1.29 is 8.42 Å². The van der Waals surface area contributed by atoms with Gasteiger partial charge in [0.15, 0.2) is 0 Å². The van der Waals surface area contributed by atoms with E-state index in [1.807, 2.05) is 6.92 Å². The highest BCUT2D eigenvalue weighted by molar-refractivity contribution is 7.93. The van der Waals surface area contributed by atoms with E-state index in [1.165, 1.54) is 16.6 Å². The lowest BCUT2D eigenvalue weighted by atomic mass is 10.1. The van der Waals surface area contributed by atoms with Gasteiger partial charge in [-0.05, 0) is 50.1 Å². The first-order chi connectivity index (χ1) is 13.9. The minimum Gasteiger partial charge on any atom is -0.385 e. The van der Waals surface area contributed by atoms with E-state index in [2.05, 4.69) is 16.4 Å². The number of fused-ring (bicyclic) bond motifs is 2. The smallest absolute Gasteiger partial charge is 0.264 e. The van der Waals surface area contributed by atoms with Gasteiger partial charge in [-0.3, -0.25) is 9.10 Å².